The van der Waals surface area contributed by atoms with E-state index in [2.05, 4.69) is 23.0 Å². The van der Waals surface area contributed by atoms with Crippen molar-refractivity contribution in [2.45, 2.75) is 20.8 Å². The highest BCUT2D eigenvalue weighted by Crippen LogP contribution is 2.23. The lowest BCUT2D eigenvalue weighted by Gasteiger charge is -2.06. The summed E-state index contributed by atoms with van der Waals surface area (Å²) in [4.78, 5) is 20.4. The molecule has 0 aliphatic carbocycles. The fraction of sp³-hybridized carbons (Fsp3) is 0.167. The molecule has 5 heteroatoms. The van der Waals surface area contributed by atoms with Gasteiger partial charge in [-0.05, 0) is 61.2 Å². The molecular weight excluding hydrogens is 312 g/mol. The first-order valence-corrected chi connectivity index (χ1v) is 7.54. The van der Waals surface area contributed by atoms with E-state index in [1.54, 1.807) is 24.4 Å². The molecule has 0 N–H and O–H groups in total. The predicted molar refractivity (Wildman–Crippen MR) is 90.5 cm³/mol. The minimum atomic E-state index is -0.487. The van der Waals surface area contributed by atoms with Crippen molar-refractivity contribution in [2.24, 2.45) is 4.99 Å². The van der Waals surface area contributed by atoms with Crippen molar-refractivity contribution in [3.05, 3.63) is 69.1 Å². The number of cyclic esters (lactones) is 1. The second-order valence-corrected chi connectivity index (χ2v) is 5.92. The zero-order valence-corrected chi connectivity index (χ0v) is 13.8. The van der Waals surface area contributed by atoms with E-state index >= 15 is 0 Å². The number of pyridine rings is 1. The van der Waals surface area contributed by atoms with E-state index < -0.39 is 5.97 Å². The zero-order chi connectivity index (χ0) is 16.6. The molecule has 0 saturated heterocycles. The van der Waals surface area contributed by atoms with Gasteiger partial charge in [0.1, 0.15) is 5.69 Å². The van der Waals surface area contributed by atoms with E-state index in [4.69, 9.17) is 16.3 Å². The average Bonchev–Trinajstić information content (AvgIpc) is 2.86. The summed E-state index contributed by atoms with van der Waals surface area (Å²) in [6, 6.07) is 7.39. The molecule has 0 atom stereocenters. The lowest BCUT2D eigenvalue weighted by Crippen LogP contribution is -2.07. The van der Waals surface area contributed by atoms with Crippen LogP contribution in [0.15, 0.2) is 41.2 Å². The number of aryl methyl sites for hydroxylation is 3. The number of carbonyl (C=O) groups is 1. The molecule has 0 fully saturated rings. The number of rotatable bonds is 2. The summed E-state index contributed by atoms with van der Waals surface area (Å²) in [6.45, 7) is 6.10. The van der Waals surface area contributed by atoms with Gasteiger partial charge in [-0.1, -0.05) is 23.7 Å². The quantitative estimate of drug-likeness (QED) is 0.619. The summed E-state index contributed by atoms with van der Waals surface area (Å²) >= 11 is 5.93. The Kier molecular flexibility index (Phi) is 4.01. The van der Waals surface area contributed by atoms with Crippen LogP contribution in [0.5, 0.6) is 0 Å². The van der Waals surface area contributed by atoms with E-state index in [1.807, 2.05) is 19.9 Å². The van der Waals surface area contributed by atoms with E-state index in [0.29, 0.717) is 10.7 Å². The smallest absolute Gasteiger partial charge is 0.363 e. The van der Waals surface area contributed by atoms with E-state index in [0.717, 1.165) is 16.7 Å². The Hall–Kier alpha value is -2.46. The van der Waals surface area contributed by atoms with Crippen molar-refractivity contribution in [2.75, 3.05) is 0 Å². The van der Waals surface area contributed by atoms with Crippen molar-refractivity contribution < 1.29 is 9.53 Å². The molecule has 0 radical (unpaired) electrons. The lowest BCUT2D eigenvalue weighted by molar-refractivity contribution is -0.129. The van der Waals surface area contributed by atoms with Crippen molar-refractivity contribution in [3.8, 4) is 0 Å². The monoisotopic (exact) mass is 326 g/mol. The standard InChI is InChI=1S/C18H15ClN2O2/c1-10-6-12(3)13(7-11(10)2)8-16-18(22)23-17(21-16)15-9-14(19)4-5-20-15/h4-9H,1-3H3/b16-8-. The number of hydrogen-bond acceptors (Lipinski definition) is 4. The van der Waals surface area contributed by atoms with E-state index in [1.165, 1.54) is 5.56 Å². The molecule has 0 amide bonds. The van der Waals surface area contributed by atoms with Gasteiger partial charge < -0.3 is 4.74 Å². The molecule has 0 saturated carbocycles. The first-order valence-electron chi connectivity index (χ1n) is 7.16. The number of hydrogen-bond donors (Lipinski definition) is 0. The molecule has 0 unspecified atom stereocenters. The molecular formula is C18H15ClN2O2. The summed E-state index contributed by atoms with van der Waals surface area (Å²) in [5.74, 6) is -0.315. The Morgan fingerprint density at radius 3 is 2.57 bits per heavy atom. The summed E-state index contributed by atoms with van der Waals surface area (Å²) in [6.07, 6.45) is 3.28. The Morgan fingerprint density at radius 2 is 1.83 bits per heavy atom. The summed E-state index contributed by atoms with van der Waals surface area (Å²) in [7, 11) is 0. The second-order valence-electron chi connectivity index (χ2n) is 5.49. The normalized spacial score (nSPS) is 15.7. The molecule has 23 heavy (non-hydrogen) atoms. The van der Waals surface area contributed by atoms with Crippen LogP contribution < -0.4 is 0 Å². The van der Waals surface area contributed by atoms with Gasteiger partial charge in [0.05, 0.1) is 0 Å². The van der Waals surface area contributed by atoms with Crippen LogP contribution in [-0.4, -0.2) is 16.9 Å². The van der Waals surface area contributed by atoms with Crippen molar-refractivity contribution in [1.82, 2.24) is 4.98 Å². The number of carbonyl (C=O) groups excluding carboxylic acids is 1. The topological polar surface area (TPSA) is 51.6 Å². The van der Waals surface area contributed by atoms with Gasteiger partial charge in [0.25, 0.3) is 0 Å². The van der Waals surface area contributed by atoms with Crippen LogP contribution >= 0.6 is 11.6 Å². The number of ether oxygens (including phenoxy) is 1. The first kappa shape index (κ1) is 15.4. The highest BCUT2D eigenvalue weighted by Gasteiger charge is 2.25. The molecule has 1 aliphatic rings. The fourth-order valence-corrected chi connectivity index (χ4v) is 2.49. The number of aromatic nitrogens is 1. The molecule has 2 heterocycles. The summed E-state index contributed by atoms with van der Waals surface area (Å²) in [5.41, 5.74) is 5.10. The molecule has 0 bridgehead atoms. The molecule has 2 aromatic rings. The van der Waals surface area contributed by atoms with Crippen molar-refractivity contribution in [3.63, 3.8) is 0 Å². The number of benzene rings is 1. The SMILES string of the molecule is Cc1cc(C)c(/C=C2\N=C(c3cc(Cl)ccn3)OC2=O)cc1C. The minimum Gasteiger partial charge on any atom is -0.400 e. The lowest BCUT2D eigenvalue weighted by atomic mass is 10.0. The number of esters is 1. The van der Waals surface area contributed by atoms with E-state index in [-0.39, 0.29) is 11.6 Å². The Morgan fingerprint density at radius 1 is 1.09 bits per heavy atom. The Labute approximate surface area is 139 Å². The molecule has 1 aromatic heterocycles. The average molecular weight is 327 g/mol. The van der Waals surface area contributed by atoms with E-state index in [9.17, 15) is 4.79 Å². The molecule has 1 aromatic carbocycles. The molecule has 0 spiro atoms. The van der Waals surface area contributed by atoms with Gasteiger partial charge in [-0.3, -0.25) is 4.98 Å². The fourth-order valence-electron chi connectivity index (χ4n) is 2.33. The third-order valence-corrected chi connectivity index (χ3v) is 3.97. The van der Waals surface area contributed by atoms with Crippen molar-refractivity contribution >= 4 is 29.5 Å². The van der Waals surface area contributed by atoms with Crippen LogP contribution in [0.25, 0.3) is 6.08 Å². The van der Waals surface area contributed by atoms with Gasteiger partial charge in [-0.2, -0.15) is 0 Å². The number of aliphatic imine (C=N–C) groups is 1. The van der Waals surface area contributed by atoms with Gasteiger partial charge in [0, 0.05) is 11.2 Å². The van der Waals surface area contributed by atoms with Crippen LogP contribution in [0.3, 0.4) is 0 Å². The summed E-state index contributed by atoms with van der Waals surface area (Å²) < 4.78 is 5.20. The molecule has 3 rings (SSSR count). The zero-order valence-electron chi connectivity index (χ0n) is 13.1. The highest BCUT2D eigenvalue weighted by molar-refractivity contribution is 6.31. The van der Waals surface area contributed by atoms with Crippen LogP contribution in [0.1, 0.15) is 27.9 Å². The first-order chi connectivity index (χ1) is 10.9. The van der Waals surface area contributed by atoms with Gasteiger partial charge >= 0.3 is 5.97 Å². The van der Waals surface area contributed by atoms with Crippen molar-refractivity contribution in [1.29, 1.82) is 0 Å². The van der Waals surface area contributed by atoms with Crippen LogP contribution in [0.2, 0.25) is 5.02 Å². The van der Waals surface area contributed by atoms with Gasteiger partial charge in [0.2, 0.25) is 5.90 Å². The third kappa shape index (κ3) is 3.17. The minimum absolute atomic E-state index is 0.172. The largest absolute Gasteiger partial charge is 0.400 e. The highest BCUT2D eigenvalue weighted by atomic mass is 35.5. The molecule has 116 valence electrons. The second kappa shape index (κ2) is 5.97. The number of nitrogens with zero attached hydrogens (tertiary/aromatic N) is 2. The van der Waals surface area contributed by atoms with Gasteiger partial charge in [-0.25, -0.2) is 9.79 Å². The van der Waals surface area contributed by atoms with Crippen LogP contribution in [0.4, 0.5) is 0 Å². The molecule has 1 aliphatic heterocycles. The maximum Gasteiger partial charge on any atom is 0.363 e. The Balaban J connectivity index is 2.00. The van der Waals surface area contributed by atoms with Gasteiger partial charge in [0.15, 0.2) is 5.70 Å². The number of halogens is 1. The van der Waals surface area contributed by atoms with Crippen LogP contribution in [0, 0.1) is 20.8 Å². The summed E-state index contributed by atoms with van der Waals surface area (Å²) in [5, 5.41) is 0.510. The maximum absolute atomic E-state index is 12.0. The van der Waals surface area contributed by atoms with Crippen LogP contribution in [-0.2, 0) is 9.53 Å². The predicted octanol–water partition coefficient (Wildman–Crippen LogP) is 4.00. The third-order valence-electron chi connectivity index (χ3n) is 3.74. The molecule has 4 nitrogen and oxygen atoms in total. The van der Waals surface area contributed by atoms with Gasteiger partial charge in [-0.15, -0.1) is 0 Å². The Bertz CT molecular complexity index is 869. The maximum atomic E-state index is 12.0.